The molecule has 3 atom stereocenters. The third kappa shape index (κ3) is 4.27. The number of halogens is 2. The van der Waals surface area contributed by atoms with Crippen LogP contribution in [0.1, 0.15) is 57.9 Å². The number of carbonyl (C=O) groups is 1. The zero-order valence-corrected chi connectivity index (χ0v) is 16.6. The van der Waals surface area contributed by atoms with Gasteiger partial charge in [0.15, 0.2) is 0 Å². The molecular formula is C18H28Cl2N4O. The molecule has 1 aliphatic carbocycles. The highest BCUT2D eigenvalue weighted by molar-refractivity contribution is 5.85. The zero-order chi connectivity index (χ0) is 16.6. The van der Waals surface area contributed by atoms with Gasteiger partial charge in [0, 0.05) is 12.1 Å². The zero-order valence-electron chi connectivity index (χ0n) is 14.9. The maximum absolute atomic E-state index is 12.5. The van der Waals surface area contributed by atoms with Crippen LogP contribution in [0.3, 0.4) is 0 Å². The van der Waals surface area contributed by atoms with Crippen LogP contribution >= 0.6 is 24.8 Å². The van der Waals surface area contributed by atoms with Gasteiger partial charge in [-0.1, -0.05) is 18.6 Å². The van der Waals surface area contributed by atoms with Gasteiger partial charge in [0.05, 0.1) is 23.0 Å². The average Bonchev–Trinajstić information content (AvgIpc) is 3.10. The summed E-state index contributed by atoms with van der Waals surface area (Å²) in [5.74, 6) is 0.903. The second-order valence-corrected chi connectivity index (χ2v) is 6.85. The highest BCUT2D eigenvalue weighted by Gasteiger charge is 2.31. The minimum absolute atomic E-state index is 0. The summed E-state index contributed by atoms with van der Waals surface area (Å²) < 4.78 is 2.20. The van der Waals surface area contributed by atoms with E-state index in [0.717, 1.165) is 36.1 Å². The maximum Gasteiger partial charge on any atom is 0.225 e. The molecule has 1 fully saturated rings. The van der Waals surface area contributed by atoms with Crippen molar-refractivity contribution in [2.45, 2.75) is 58.2 Å². The highest BCUT2D eigenvalue weighted by atomic mass is 35.5. The second-order valence-electron chi connectivity index (χ2n) is 6.85. The van der Waals surface area contributed by atoms with Gasteiger partial charge in [-0.2, -0.15) is 0 Å². The van der Waals surface area contributed by atoms with E-state index in [2.05, 4.69) is 29.8 Å². The molecule has 0 spiro atoms. The van der Waals surface area contributed by atoms with Gasteiger partial charge in [0.2, 0.25) is 5.91 Å². The van der Waals surface area contributed by atoms with Crippen LogP contribution < -0.4 is 11.1 Å². The van der Waals surface area contributed by atoms with Crippen LogP contribution in [0.4, 0.5) is 0 Å². The van der Waals surface area contributed by atoms with Crippen molar-refractivity contribution in [1.29, 1.82) is 0 Å². The number of nitrogens with two attached hydrogens (primary N) is 1. The van der Waals surface area contributed by atoms with Crippen molar-refractivity contribution < 1.29 is 4.79 Å². The number of nitrogens with one attached hydrogen (secondary N) is 1. The monoisotopic (exact) mass is 386 g/mol. The molecule has 0 bridgehead atoms. The third-order valence-corrected chi connectivity index (χ3v) is 4.79. The van der Waals surface area contributed by atoms with Crippen LogP contribution in [-0.2, 0) is 4.79 Å². The molecule has 5 nitrogen and oxygen atoms in total. The average molecular weight is 387 g/mol. The van der Waals surface area contributed by atoms with E-state index in [4.69, 9.17) is 10.7 Å². The van der Waals surface area contributed by atoms with E-state index in [1.807, 2.05) is 25.1 Å². The fourth-order valence-corrected chi connectivity index (χ4v) is 3.61. The topological polar surface area (TPSA) is 72.9 Å². The predicted octanol–water partition coefficient (Wildman–Crippen LogP) is 3.77. The molecule has 2 aromatic rings. The molecule has 1 aromatic heterocycles. The van der Waals surface area contributed by atoms with Crippen LogP contribution in [0, 0.1) is 5.92 Å². The lowest BCUT2D eigenvalue weighted by atomic mass is 10.0. The Hall–Kier alpha value is -1.30. The Morgan fingerprint density at radius 3 is 2.52 bits per heavy atom. The van der Waals surface area contributed by atoms with Gasteiger partial charge in [0.1, 0.15) is 5.82 Å². The van der Waals surface area contributed by atoms with E-state index in [9.17, 15) is 4.79 Å². The van der Waals surface area contributed by atoms with Crippen LogP contribution in [0.2, 0.25) is 0 Å². The summed E-state index contributed by atoms with van der Waals surface area (Å²) in [6, 6.07) is 8.24. The summed E-state index contributed by atoms with van der Waals surface area (Å²) in [4.78, 5) is 17.3. The van der Waals surface area contributed by atoms with Crippen molar-refractivity contribution in [3.05, 3.63) is 30.1 Å². The number of fused-ring (bicyclic) bond motifs is 1. The summed E-state index contributed by atoms with van der Waals surface area (Å²) in [5.41, 5.74) is 8.13. The Balaban J connectivity index is 0.00000156. The summed E-state index contributed by atoms with van der Waals surface area (Å²) >= 11 is 0. The molecular weight excluding hydrogens is 359 g/mol. The molecule has 1 aliphatic rings. The third-order valence-electron chi connectivity index (χ3n) is 4.79. The molecule has 7 heteroatoms. The first-order valence-electron chi connectivity index (χ1n) is 8.52. The molecule has 1 amide bonds. The Bertz CT molecular complexity index is 716. The Morgan fingerprint density at radius 1 is 1.24 bits per heavy atom. The van der Waals surface area contributed by atoms with E-state index in [1.165, 1.54) is 0 Å². The first-order valence-corrected chi connectivity index (χ1v) is 8.52. The number of nitrogens with zero attached hydrogens (tertiary/aromatic N) is 2. The van der Waals surface area contributed by atoms with Gasteiger partial charge in [-0.25, -0.2) is 4.98 Å². The summed E-state index contributed by atoms with van der Waals surface area (Å²) in [6.07, 6.45) is 2.87. The molecule has 3 rings (SSSR count). The SMILES string of the molecule is CC(NC(=O)C1CCCC1N)c1nc2ccccc2n1C(C)C.Cl.Cl. The molecule has 1 heterocycles. The molecule has 3 unspecified atom stereocenters. The van der Waals surface area contributed by atoms with Crippen molar-refractivity contribution in [2.24, 2.45) is 11.7 Å². The Kier molecular flexibility index (Phi) is 7.72. The van der Waals surface area contributed by atoms with Crippen molar-refractivity contribution in [3.63, 3.8) is 0 Å². The van der Waals surface area contributed by atoms with Crippen molar-refractivity contribution in [1.82, 2.24) is 14.9 Å². The van der Waals surface area contributed by atoms with Gasteiger partial charge in [-0.3, -0.25) is 4.79 Å². The van der Waals surface area contributed by atoms with E-state index >= 15 is 0 Å². The lowest BCUT2D eigenvalue weighted by molar-refractivity contribution is -0.125. The number of para-hydroxylation sites is 2. The minimum Gasteiger partial charge on any atom is -0.346 e. The van der Waals surface area contributed by atoms with E-state index < -0.39 is 0 Å². The molecule has 0 saturated heterocycles. The molecule has 25 heavy (non-hydrogen) atoms. The van der Waals surface area contributed by atoms with Crippen LogP contribution in [-0.4, -0.2) is 21.5 Å². The Labute approximate surface area is 161 Å². The summed E-state index contributed by atoms with van der Waals surface area (Å²) in [6.45, 7) is 6.27. The molecule has 3 N–H and O–H groups in total. The van der Waals surface area contributed by atoms with E-state index in [-0.39, 0.29) is 54.8 Å². The van der Waals surface area contributed by atoms with Gasteiger partial charge >= 0.3 is 0 Å². The minimum atomic E-state index is -0.134. The highest BCUT2D eigenvalue weighted by Crippen LogP contribution is 2.27. The fourth-order valence-electron chi connectivity index (χ4n) is 3.61. The van der Waals surface area contributed by atoms with E-state index in [1.54, 1.807) is 0 Å². The van der Waals surface area contributed by atoms with Crippen molar-refractivity contribution in [2.75, 3.05) is 0 Å². The number of hydrogen-bond acceptors (Lipinski definition) is 3. The smallest absolute Gasteiger partial charge is 0.225 e. The fraction of sp³-hybridized carbons (Fsp3) is 0.556. The molecule has 140 valence electrons. The quantitative estimate of drug-likeness (QED) is 0.839. The summed E-state index contributed by atoms with van der Waals surface area (Å²) in [7, 11) is 0. The number of rotatable bonds is 4. The number of aromatic nitrogens is 2. The standard InChI is InChI=1S/C18H26N4O.2ClH/c1-11(2)22-16-10-5-4-9-15(16)21-17(22)12(3)20-18(23)13-7-6-8-14(13)19;;/h4-5,9-14H,6-8,19H2,1-3H3,(H,20,23);2*1H. The first kappa shape index (κ1) is 21.7. The number of imidazole rings is 1. The number of amides is 1. The molecule has 0 radical (unpaired) electrons. The van der Waals surface area contributed by atoms with Crippen LogP contribution in [0.5, 0.6) is 0 Å². The normalized spacial score (nSPS) is 20.8. The number of carbonyl (C=O) groups excluding carboxylic acids is 1. The lowest BCUT2D eigenvalue weighted by Gasteiger charge is -2.21. The Morgan fingerprint density at radius 2 is 1.92 bits per heavy atom. The molecule has 1 saturated carbocycles. The van der Waals surface area contributed by atoms with Gasteiger partial charge < -0.3 is 15.6 Å². The molecule has 1 aromatic carbocycles. The van der Waals surface area contributed by atoms with Crippen molar-refractivity contribution in [3.8, 4) is 0 Å². The number of hydrogen-bond donors (Lipinski definition) is 2. The van der Waals surface area contributed by atoms with Gasteiger partial charge in [0.25, 0.3) is 0 Å². The van der Waals surface area contributed by atoms with E-state index in [0.29, 0.717) is 0 Å². The second kappa shape index (κ2) is 8.88. The largest absolute Gasteiger partial charge is 0.346 e. The predicted molar refractivity (Wildman–Crippen MR) is 106 cm³/mol. The van der Waals surface area contributed by atoms with Crippen LogP contribution in [0.25, 0.3) is 11.0 Å². The van der Waals surface area contributed by atoms with Gasteiger partial charge in [-0.15, -0.1) is 24.8 Å². The number of benzene rings is 1. The molecule has 0 aliphatic heterocycles. The van der Waals surface area contributed by atoms with Crippen LogP contribution in [0.15, 0.2) is 24.3 Å². The van der Waals surface area contributed by atoms with Crippen molar-refractivity contribution >= 4 is 41.8 Å². The van der Waals surface area contributed by atoms with Gasteiger partial charge in [-0.05, 0) is 45.7 Å². The first-order chi connectivity index (χ1) is 11.0. The summed E-state index contributed by atoms with van der Waals surface area (Å²) in [5, 5.41) is 3.12. The lowest BCUT2D eigenvalue weighted by Crippen LogP contribution is -2.40. The maximum atomic E-state index is 12.5.